The van der Waals surface area contributed by atoms with Gasteiger partial charge in [-0.05, 0) is 167 Å². The molecule has 0 aliphatic heterocycles. The molecule has 354 valence electrons. The number of aliphatic hydroxyl groups is 1. The summed E-state index contributed by atoms with van der Waals surface area (Å²) < 4.78 is 77.4. The summed E-state index contributed by atoms with van der Waals surface area (Å²) in [6.07, 6.45) is 15.6. The van der Waals surface area contributed by atoms with Gasteiger partial charge in [-0.3, -0.25) is 24.7 Å². The Hall–Kier alpha value is -5.69. The summed E-state index contributed by atoms with van der Waals surface area (Å²) in [7, 11) is 0. The molecule has 0 radical (unpaired) electrons. The van der Waals surface area contributed by atoms with Gasteiger partial charge in [0.2, 0.25) is 0 Å². The second-order valence-corrected chi connectivity index (χ2v) is 18.0. The van der Waals surface area contributed by atoms with E-state index in [1.54, 1.807) is 24.3 Å². The molecule has 0 spiro atoms. The molecule has 0 saturated carbocycles. The summed E-state index contributed by atoms with van der Waals surface area (Å²) in [6, 6.07) is 19.3. The minimum atomic E-state index is -4.42. The molecule has 2 atom stereocenters. The summed E-state index contributed by atoms with van der Waals surface area (Å²) >= 11 is 0. The Balaban J connectivity index is 0.000000200. The van der Waals surface area contributed by atoms with E-state index in [1.165, 1.54) is 72.7 Å². The monoisotopic (exact) mass is 924 g/mol. The van der Waals surface area contributed by atoms with Crippen LogP contribution in [0.5, 0.6) is 0 Å². The molecule has 0 amide bonds. The number of benzene rings is 2. The number of rotatable bonds is 17. The van der Waals surface area contributed by atoms with E-state index >= 15 is 0 Å². The average molecular weight is 925 g/mol. The standard InChI is InChI=1S/C28H31F3N2O2.C26H27F3N2O/c29-28(30,31)23-13-11-21-15-22(18-32-26(21)17-23)20(16-27(34)35)8-3-1-2-4-9-24-14-12-19-7-5-6-10-25(19)33-24;27-26(28,29)21-12-10-20-15-18(17-30-25(20)16-21)9-14-23(32)7-3-2-6-22-13-11-19-5-1-4-8-24(19)31-22/h11-15,17-18,20H,1-10,16H2,(H,34,35);9-17,23,32H,1-8H2/b;14-9+. The van der Waals surface area contributed by atoms with Gasteiger partial charge in [-0.1, -0.05) is 62.1 Å². The van der Waals surface area contributed by atoms with Gasteiger partial charge in [0.05, 0.1) is 34.7 Å². The summed E-state index contributed by atoms with van der Waals surface area (Å²) in [4.78, 5) is 29.4. The van der Waals surface area contributed by atoms with Crippen LogP contribution in [0.3, 0.4) is 0 Å². The van der Waals surface area contributed by atoms with Crippen molar-refractivity contribution >= 4 is 33.9 Å². The van der Waals surface area contributed by atoms with Gasteiger partial charge >= 0.3 is 18.3 Å². The first-order chi connectivity index (χ1) is 32.2. The lowest BCUT2D eigenvalue weighted by atomic mass is 9.90. The van der Waals surface area contributed by atoms with Crippen molar-refractivity contribution in [3.8, 4) is 0 Å². The van der Waals surface area contributed by atoms with Crippen LogP contribution in [0.25, 0.3) is 27.9 Å². The van der Waals surface area contributed by atoms with Crippen LogP contribution in [0.4, 0.5) is 26.3 Å². The van der Waals surface area contributed by atoms with E-state index in [0.29, 0.717) is 29.1 Å². The number of alkyl halides is 6. The van der Waals surface area contributed by atoms with Gasteiger partial charge in [0, 0.05) is 45.9 Å². The molecule has 0 bridgehead atoms. The first-order valence-electron chi connectivity index (χ1n) is 23.7. The molecule has 2 aliphatic rings. The van der Waals surface area contributed by atoms with Gasteiger partial charge < -0.3 is 10.2 Å². The first kappa shape index (κ1) is 49.2. The third-order valence-corrected chi connectivity index (χ3v) is 12.9. The molecule has 13 heteroatoms. The summed E-state index contributed by atoms with van der Waals surface area (Å²) in [6.45, 7) is 0. The van der Waals surface area contributed by atoms with E-state index in [9.17, 15) is 41.4 Å². The fourth-order valence-corrected chi connectivity index (χ4v) is 9.10. The minimum Gasteiger partial charge on any atom is -0.481 e. The highest BCUT2D eigenvalue weighted by molar-refractivity contribution is 5.82. The highest BCUT2D eigenvalue weighted by atomic mass is 19.4. The number of hydrogen-bond donors (Lipinski definition) is 2. The Labute approximate surface area is 387 Å². The van der Waals surface area contributed by atoms with E-state index < -0.39 is 35.6 Å². The fraction of sp³-hybridized carbons (Fsp3) is 0.426. The van der Waals surface area contributed by atoms with Gasteiger partial charge in [0.1, 0.15) is 0 Å². The molecule has 7 nitrogen and oxygen atoms in total. The van der Waals surface area contributed by atoms with Crippen molar-refractivity contribution < 1.29 is 41.4 Å². The zero-order chi connectivity index (χ0) is 47.4. The van der Waals surface area contributed by atoms with Crippen LogP contribution in [-0.2, 0) is 55.7 Å². The van der Waals surface area contributed by atoms with Crippen molar-refractivity contribution in [2.24, 2.45) is 0 Å². The second kappa shape index (κ2) is 22.9. The van der Waals surface area contributed by atoms with E-state index in [0.717, 1.165) is 124 Å². The second-order valence-electron chi connectivity index (χ2n) is 18.0. The number of aromatic nitrogens is 4. The number of aliphatic hydroxyl groups excluding tert-OH is 1. The Morgan fingerprint density at radius 3 is 1.72 bits per heavy atom. The number of unbranched alkanes of at least 4 members (excludes halogenated alkanes) is 4. The number of halogens is 6. The number of hydrogen-bond acceptors (Lipinski definition) is 6. The maximum absolute atomic E-state index is 13.0. The van der Waals surface area contributed by atoms with Crippen LogP contribution in [0.1, 0.15) is 146 Å². The molecule has 0 fully saturated rings. The van der Waals surface area contributed by atoms with Gasteiger partial charge in [-0.2, -0.15) is 26.3 Å². The van der Waals surface area contributed by atoms with Gasteiger partial charge in [-0.15, -0.1) is 0 Å². The molecule has 2 aliphatic carbocycles. The zero-order valence-corrected chi connectivity index (χ0v) is 37.7. The Bertz CT molecular complexity index is 2650. The van der Waals surface area contributed by atoms with Gasteiger partial charge in [0.25, 0.3) is 0 Å². The molecule has 4 heterocycles. The normalized spacial score (nSPS) is 14.9. The van der Waals surface area contributed by atoms with Crippen molar-refractivity contribution in [3.05, 3.63) is 147 Å². The third kappa shape index (κ3) is 14.4. The molecular weight excluding hydrogens is 867 g/mol. The van der Waals surface area contributed by atoms with Crippen molar-refractivity contribution in [2.45, 2.75) is 146 Å². The lowest BCUT2D eigenvalue weighted by molar-refractivity contribution is -0.138. The van der Waals surface area contributed by atoms with Crippen molar-refractivity contribution in [3.63, 3.8) is 0 Å². The topological polar surface area (TPSA) is 109 Å². The Morgan fingerprint density at radius 2 is 1.13 bits per heavy atom. The Morgan fingerprint density at radius 1 is 0.612 bits per heavy atom. The van der Waals surface area contributed by atoms with Crippen LogP contribution < -0.4 is 0 Å². The van der Waals surface area contributed by atoms with Crippen LogP contribution in [0, 0.1) is 0 Å². The number of aliphatic carboxylic acids is 1. The quantitative estimate of drug-likeness (QED) is 0.0693. The van der Waals surface area contributed by atoms with Crippen LogP contribution >= 0.6 is 0 Å². The number of carboxylic acid groups (broad SMARTS) is 1. The summed E-state index contributed by atoms with van der Waals surface area (Å²) in [5.74, 6) is -1.10. The molecule has 6 aromatic rings. The predicted octanol–water partition coefficient (Wildman–Crippen LogP) is 13.6. The van der Waals surface area contributed by atoms with Crippen LogP contribution in [-0.4, -0.2) is 42.2 Å². The molecule has 4 aromatic heterocycles. The third-order valence-electron chi connectivity index (χ3n) is 12.9. The average Bonchev–Trinajstić information content (AvgIpc) is 3.31. The number of fused-ring (bicyclic) bond motifs is 4. The number of pyridine rings is 4. The number of carbonyl (C=O) groups is 1. The smallest absolute Gasteiger partial charge is 0.416 e. The SMILES string of the molecule is O=C(O)CC(CCCCCCc1ccc2c(n1)CCCC2)c1cnc2cc(C(F)(F)F)ccc2c1.OC(/C=C/c1cnc2cc(C(F)(F)F)ccc2c1)CCCCc1ccc2c(n1)CCCC2. The summed E-state index contributed by atoms with van der Waals surface area (Å²) in [5.41, 5.74) is 8.23. The lowest BCUT2D eigenvalue weighted by Crippen LogP contribution is -2.08. The van der Waals surface area contributed by atoms with Crippen LogP contribution in [0.15, 0.2) is 91.3 Å². The lowest BCUT2D eigenvalue weighted by Gasteiger charge is -2.16. The highest BCUT2D eigenvalue weighted by Crippen LogP contribution is 2.34. The van der Waals surface area contributed by atoms with Gasteiger partial charge in [-0.25, -0.2) is 0 Å². The highest BCUT2D eigenvalue weighted by Gasteiger charge is 2.31. The van der Waals surface area contributed by atoms with Crippen molar-refractivity contribution in [1.29, 1.82) is 0 Å². The molecule has 0 saturated heterocycles. The van der Waals surface area contributed by atoms with Crippen LogP contribution in [0.2, 0.25) is 0 Å². The summed E-state index contributed by atoms with van der Waals surface area (Å²) in [5, 5.41) is 20.9. The fourth-order valence-electron chi connectivity index (χ4n) is 9.10. The molecule has 8 rings (SSSR count). The molecule has 2 aromatic carbocycles. The molecule has 2 N–H and O–H groups in total. The largest absolute Gasteiger partial charge is 0.481 e. The van der Waals surface area contributed by atoms with Crippen molar-refractivity contribution in [1.82, 2.24) is 19.9 Å². The van der Waals surface area contributed by atoms with E-state index in [-0.39, 0.29) is 17.9 Å². The maximum atomic E-state index is 13.0. The van der Waals surface area contributed by atoms with Crippen molar-refractivity contribution in [2.75, 3.05) is 0 Å². The number of aryl methyl sites for hydroxylation is 6. The molecule has 67 heavy (non-hydrogen) atoms. The zero-order valence-electron chi connectivity index (χ0n) is 37.7. The Kier molecular flexibility index (Phi) is 16.8. The van der Waals surface area contributed by atoms with E-state index in [2.05, 4.69) is 34.2 Å². The number of carboxylic acids is 1. The minimum absolute atomic E-state index is 0.0210. The molecule has 2 unspecified atom stereocenters. The van der Waals surface area contributed by atoms with E-state index in [4.69, 9.17) is 9.97 Å². The maximum Gasteiger partial charge on any atom is 0.416 e. The predicted molar refractivity (Wildman–Crippen MR) is 250 cm³/mol. The first-order valence-corrected chi connectivity index (χ1v) is 23.7. The van der Waals surface area contributed by atoms with E-state index in [1.807, 2.05) is 0 Å². The number of nitrogens with zero attached hydrogens (tertiary/aromatic N) is 4. The van der Waals surface area contributed by atoms with Gasteiger partial charge in [0.15, 0.2) is 0 Å². The molecular formula is C54H58F6N4O3.